The molecule has 88 valence electrons. The van der Waals surface area contributed by atoms with E-state index in [9.17, 15) is 0 Å². The molecule has 0 aromatic carbocycles. The highest BCUT2D eigenvalue weighted by Gasteiger charge is 2.39. The number of thiocarbonyl (C=S) groups is 1. The van der Waals surface area contributed by atoms with Crippen molar-refractivity contribution in [2.75, 3.05) is 7.05 Å². The highest BCUT2D eigenvalue weighted by molar-refractivity contribution is 7.80. The number of rotatable bonds is 0. The van der Waals surface area contributed by atoms with Gasteiger partial charge in [0.25, 0.3) is 5.17 Å². The van der Waals surface area contributed by atoms with Gasteiger partial charge in [-0.25, -0.2) is 0 Å². The van der Waals surface area contributed by atoms with E-state index in [-0.39, 0.29) is 11.4 Å². The fourth-order valence-electron chi connectivity index (χ4n) is 2.85. The van der Waals surface area contributed by atoms with Crippen LogP contribution in [0.1, 0.15) is 45.4 Å². The Balaban J connectivity index is 2.12. The summed E-state index contributed by atoms with van der Waals surface area (Å²) in [6.07, 6.45) is 7.16. The summed E-state index contributed by atoms with van der Waals surface area (Å²) >= 11 is 5.22. The zero-order valence-electron chi connectivity index (χ0n) is 10.2. The molecule has 0 amide bonds. The minimum atomic E-state index is -0.103. The molecule has 2 nitrogen and oxygen atoms in total. The minimum absolute atomic E-state index is 0.103. The van der Waals surface area contributed by atoms with Gasteiger partial charge in [0.2, 0.25) is 0 Å². The lowest BCUT2D eigenvalue weighted by Crippen LogP contribution is -2.34. The topological polar surface area (TPSA) is 12.5 Å². The van der Waals surface area contributed by atoms with Crippen LogP contribution in [0, 0.1) is 0 Å². The van der Waals surface area contributed by atoms with Gasteiger partial charge in [-0.05, 0) is 25.1 Å². The van der Waals surface area contributed by atoms with Crippen LogP contribution >= 0.6 is 12.2 Å². The Morgan fingerprint density at radius 1 is 1.44 bits per heavy atom. The number of hydrogen-bond donors (Lipinski definition) is 0. The van der Waals surface area contributed by atoms with E-state index in [2.05, 4.69) is 11.8 Å². The third kappa shape index (κ3) is 2.53. The van der Waals surface area contributed by atoms with E-state index in [4.69, 9.17) is 24.8 Å². The molecule has 1 heterocycles. The van der Waals surface area contributed by atoms with Gasteiger partial charge in [0.05, 0.1) is 13.9 Å². The van der Waals surface area contributed by atoms with Crippen LogP contribution in [-0.2, 0) is 4.74 Å². The lowest BCUT2D eigenvalue weighted by Gasteiger charge is -2.29. The molecule has 4 heteroatoms. The molecular formula is C12H20BNOS. The Kier molecular flexibility index (Phi) is 3.48. The smallest absolute Gasteiger partial charge is 0.259 e. The fourth-order valence-corrected chi connectivity index (χ4v) is 3.11. The molecule has 2 rings (SSSR count). The van der Waals surface area contributed by atoms with Gasteiger partial charge in [0, 0.05) is 7.05 Å². The first-order valence-corrected chi connectivity index (χ1v) is 6.63. The van der Waals surface area contributed by atoms with E-state index < -0.39 is 0 Å². The van der Waals surface area contributed by atoms with Crippen LogP contribution in [0.2, 0.25) is 5.31 Å². The van der Waals surface area contributed by atoms with Crippen LogP contribution < -0.4 is 0 Å². The maximum Gasteiger partial charge on any atom is 0.259 e. The van der Waals surface area contributed by atoms with Gasteiger partial charge in [-0.3, -0.25) is 0 Å². The molecule has 1 saturated carbocycles. The molecule has 3 unspecified atom stereocenters. The molecule has 0 aromatic heterocycles. The molecule has 2 fully saturated rings. The molecule has 0 bridgehead atoms. The Morgan fingerprint density at radius 3 is 2.94 bits per heavy atom. The second-order valence-corrected chi connectivity index (χ2v) is 5.91. The summed E-state index contributed by atoms with van der Waals surface area (Å²) < 4.78 is 5.78. The Hall–Kier alpha value is -0.245. The molecule has 0 N–H and O–H groups in total. The molecule has 0 spiro atoms. The molecule has 0 aromatic rings. The van der Waals surface area contributed by atoms with Crippen LogP contribution in [0.5, 0.6) is 0 Å². The lowest BCUT2D eigenvalue weighted by atomic mass is 9.64. The van der Waals surface area contributed by atoms with Crippen LogP contribution in [0.4, 0.5) is 0 Å². The van der Waals surface area contributed by atoms with Crippen molar-refractivity contribution in [2.24, 2.45) is 0 Å². The fraction of sp³-hybridized carbons (Fsp3) is 0.917. The van der Waals surface area contributed by atoms with E-state index in [0.717, 1.165) is 12.8 Å². The number of nitrogens with zero attached hydrogens (tertiary/aromatic N) is 1. The van der Waals surface area contributed by atoms with Crippen LogP contribution in [-0.4, -0.2) is 37.1 Å². The van der Waals surface area contributed by atoms with E-state index in [0.29, 0.717) is 11.2 Å². The Labute approximate surface area is 105 Å². The number of ether oxygens (including phenoxy) is 1. The maximum absolute atomic E-state index is 6.32. The van der Waals surface area contributed by atoms with Crippen molar-refractivity contribution in [1.29, 1.82) is 0 Å². The molecule has 2 aliphatic rings. The average molecular weight is 237 g/mol. The van der Waals surface area contributed by atoms with Crippen LogP contribution in [0.15, 0.2) is 0 Å². The van der Waals surface area contributed by atoms with Gasteiger partial charge in [-0.2, -0.15) is 0 Å². The molecule has 1 aliphatic carbocycles. The first-order valence-electron chi connectivity index (χ1n) is 6.22. The van der Waals surface area contributed by atoms with E-state index in [1.54, 1.807) is 0 Å². The number of hydrogen-bond acceptors (Lipinski definition) is 2. The predicted octanol–water partition coefficient (Wildman–Crippen LogP) is 2.67. The Morgan fingerprint density at radius 2 is 2.19 bits per heavy atom. The van der Waals surface area contributed by atoms with Crippen molar-refractivity contribution < 1.29 is 4.74 Å². The van der Waals surface area contributed by atoms with Crippen molar-refractivity contribution in [3.63, 3.8) is 0 Å². The second kappa shape index (κ2) is 4.56. The maximum atomic E-state index is 6.32. The third-order valence-corrected chi connectivity index (χ3v) is 4.27. The molecule has 2 radical (unpaired) electrons. The SMILES string of the molecule is [B]C1(C)CCCCCC2C(C1)OC(=S)N2C. The average Bonchev–Trinajstić information content (AvgIpc) is 2.46. The normalized spacial score (nSPS) is 40.6. The zero-order chi connectivity index (χ0) is 11.8. The van der Waals surface area contributed by atoms with Gasteiger partial charge in [-0.1, -0.05) is 37.9 Å². The van der Waals surface area contributed by atoms with Crippen molar-refractivity contribution in [3.05, 3.63) is 0 Å². The van der Waals surface area contributed by atoms with Crippen molar-refractivity contribution in [1.82, 2.24) is 4.90 Å². The van der Waals surface area contributed by atoms with Crippen molar-refractivity contribution >= 4 is 25.2 Å². The van der Waals surface area contributed by atoms with Gasteiger partial charge in [0.1, 0.15) is 6.10 Å². The summed E-state index contributed by atoms with van der Waals surface area (Å²) in [7, 11) is 8.36. The van der Waals surface area contributed by atoms with Crippen molar-refractivity contribution in [2.45, 2.75) is 62.9 Å². The standard InChI is InChI=1S/C12H20BNOS/c1-12(13)7-5-3-4-6-9-10(8-12)15-11(16)14(9)2/h9-10H,3-8H2,1-2H3. The molecular weight excluding hydrogens is 217 g/mol. The summed E-state index contributed by atoms with van der Waals surface area (Å²) in [5.41, 5.74) is 0. The van der Waals surface area contributed by atoms with Crippen LogP contribution in [0.3, 0.4) is 0 Å². The Bertz CT molecular complexity index is 282. The summed E-state index contributed by atoms with van der Waals surface area (Å²) in [5.74, 6) is 0. The number of fused-ring (bicyclic) bond motifs is 1. The predicted molar refractivity (Wildman–Crippen MR) is 70.8 cm³/mol. The third-order valence-electron chi connectivity index (χ3n) is 3.88. The summed E-state index contributed by atoms with van der Waals surface area (Å²) in [6.45, 7) is 2.14. The monoisotopic (exact) mass is 237 g/mol. The quantitative estimate of drug-likeness (QED) is 0.474. The second-order valence-electron chi connectivity index (χ2n) is 5.56. The first kappa shape index (κ1) is 12.2. The summed E-state index contributed by atoms with van der Waals surface area (Å²) in [6, 6.07) is 0.438. The molecule has 3 atom stereocenters. The highest BCUT2D eigenvalue weighted by Crippen LogP contribution is 2.40. The number of likely N-dealkylation sites (N-methyl/N-ethyl adjacent to an activating group) is 1. The van der Waals surface area contributed by atoms with E-state index in [1.165, 1.54) is 25.7 Å². The zero-order valence-corrected chi connectivity index (χ0v) is 11.1. The molecule has 16 heavy (non-hydrogen) atoms. The lowest BCUT2D eigenvalue weighted by molar-refractivity contribution is 0.161. The highest BCUT2D eigenvalue weighted by atomic mass is 32.1. The van der Waals surface area contributed by atoms with Gasteiger partial charge in [0.15, 0.2) is 0 Å². The molecule has 1 aliphatic heterocycles. The largest absolute Gasteiger partial charge is 0.465 e. The van der Waals surface area contributed by atoms with Gasteiger partial charge in [-0.15, -0.1) is 0 Å². The van der Waals surface area contributed by atoms with E-state index >= 15 is 0 Å². The summed E-state index contributed by atoms with van der Waals surface area (Å²) in [5, 5.41) is 0.542. The molecule has 1 saturated heterocycles. The van der Waals surface area contributed by atoms with Crippen LogP contribution in [0.25, 0.3) is 0 Å². The minimum Gasteiger partial charge on any atom is -0.465 e. The van der Waals surface area contributed by atoms with Gasteiger partial charge < -0.3 is 9.64 Å². The van der Waals surface area contributed by atoms with E-state index in [1.807, 2.05) is 7.05 Å². The summed E-state index contributed by atoms with van der Waals surface area (Å²) in [4.78, 5) is 2.11. The first-order chi connectivity index (χ1) is 7.49. The van der Waals surface area contributed by atoms with Crippen molar-refractivity contribution in [3.8, 4) is 0 Å². The van der Waals surface area contributed by atoms with Gasteiger partial charge >= 0.3 is 0 Å².